The monoisotopic (exact) mass is 330 g/mol. The van der Waals surface area contributed by atoms with Crippen molar-refractivity contribution in [1.82, 2.24) is 0 Å². The van der Waals surface area contributed by atoms with Crippen molar-refractivity contribution in [3.63, 3.8) is 0 Å². The van der Waals surface area contributed by atoms with E-state index >= 15 is 0 Å². The third-order valence-corrected chi connectivity index (χ3v) is 3.71. The molecule has 3 aromatic rings. The summed E-state index contributed by atoms with van der Waals surface area (Å²) >= 11 is 0. The van der Waals surface area contributed by atoms with E-state index in [2.05, 4.69) is 0 Å². The molecule has 0 aliphatic rings. The summed E-state index contributed by atoms with van der Waals surface area (Å²) in [6.07, 6.45) is 3.12. The molecule has 3 nitrogen and oxygen atoms in total. The van der Waals surface area contributed by atoms with Crippen molar-refractivity contribution in [2.75, 3.05) is 7.11 Å². The highest BCUT2D eigenvalue weighted by molar-refractivity contribution is 5.88. The molecule has 0 atom stereocenters. The molecule has 3 rings (SSSR count). The second-order valence-electron chi connectivity index (χ2n) is 5.42. The third-order valence-electron chi connectivity index (χ3n) is 3.71. The summed E-state index contributed by atoms with van der Waals surface area (Å²) in [5.74, 6) is 0.880. The molecule has 0 fully saturated rings. The minimum Gasteiger partial charge on any atom is -0.497 e. The van der Waals surface area contributed by atoms with Crippen LogP contribution in [0.4, 0.5) is 0 Å². The second-order valence-corrected chi connectivity index (χ2v) is 5.42. The molecule has 0 spiro atoms. The molecule has 3 heteroatoms. The van der Waals surface area contributed by atoms with E-state index in [1.165, 1.54) is 6.08 Å². The van der Waals surface area contributed by atoms with Crippen molar-refractivity contribution in [2.45, 2.75) is 0 Å². The van der Waals surface area contributed by atoms with E-state index in [1.54, 1.807) is 25.3 Å². The van der Waals surface area contributed by atoms with Crippen LogP contribution in [0.3, 0.4) is 0 Å². The van der Waals surface area contributed by atoms with Crippen LogP contribution in [0.5, 0.6) is 11.5 Å². The van der Waals surface area contributed by atoms with E-state index < -0.39 is 5.97 Å². The van der Waals surface area contributed by atoms with Gasteiger partial charge in [-0.05, 0) is 47.0 Å². The van der Waals surface area contributed by atoms with Crippen LogP contribution < -0.4 is 9.47 Å². The van der Waals surface area contributed by atoms with Crippen LogP contribution in [0.25, 0.3) is 17.2 Å². The third kappa shape index (κ3) is 4.58. The number of carbonyl (C=O) groups is 1. The molecule has 0 aliphatic carbocycles. The van der Waals surface area contributed by atoms with E-state index in [1.807, 2.05) is 66.7 Å². The maximum Gasteiger partial charge on any atom is 0.336 e. The van der Waals surface area contributed by atoms with Crippen LogP contribution in [0.2, 0.25) is 0 Å². The zero-order valence-electron chi connectivity index (χ0n) is 13.9. The van der Waals surface area contributed by atoms with Crippen molar-refractivity contribution in [3.8, 4) is 22.6 Å². The largest absolute Gasteiger partial charge is 0.497 e. The van der Waals surface area contributed by atoms with Gasteiger partial charge in [0.1, 0.15) is 11.5 Å². The lowest BCUT2D eigenvalue weighted by atomic mass is 10.1. The molecule has 0 unspecified atom stereocenters. The van der Waals surface area contributed by atoms with Crippen molar-refractivity contribution in [2.24, 2.45) is 0 Å². The van der Waals surface area contributed by atoms with Gasteiger partial charge in [0.05, 0.1) is 7.11 Å². The Balaban J connectivity index is 1.61. The lowest BCUT2D eigenvalue weighted by molar-refractivity contribution is -0.128. The summed E-state index contributed by atoms with van der Waals surface area (Å²) in [6, 6.07) is 24.9. The average Bonchev–Trinajstić information content (AvgIpc) is 2.68. The molecular weight excluding hydrogens is 312 g/mol. The fraction of sp³-hybridized carbons (Fsp3) is 0.0455. The van der Waals surface area contributed by atoms with Crippen LogP contribution in [-0.4, -0.2) is 13.1 Å². The molecule has 3 aromatic carbocycles. The average molecular weight is 330 g/mol. The number of esters is 1. The van der Waals surface area contributed by atoms with Gasteiger partial charge in [0.2, 0.25) is 0 Å². The number of benzene rings is 3. The highest BCUT2D eigenvalue weighted by atomic mass is 16.5. The first-order chi connectivity index (χ1) is 12.2. The summed E-state index contributed by atoms with van der Waals surface area (Å²) in [5, 5.41) is 0. The van der Waals surface area contributed by atoms with E-state index in [4.69, 9.17) is 9.47 Å². The number of hydrogen-bond acceptors (Lipinski definition) is 3. The van der Waals surface area contributed by atoms with E-state index in [0.29, 0.717) is 5.75 Å². The Morgan fingerprint density at radius 1 is 0.760 bits per heavy atom. The predicted molar refractivity (Wildman–Crippen MR) is 99.5 cm³/mol. The van der Waals surface area contributed by atoms with Crippen LogP contribution in [0, 0.1) is 0 Å². The molecule has 0 saturated carbocycles. The molecule has 0 aliphatic heterocycles. The minimum absolute atomic E-state index is 0.414. The van der Waals surface area contributed by atoms with Gasteiger partial charge in [-0.15, -0.1) is 0 Å². The Kier molecular flexibility index (Phi) is 5.27. The van der Waals surface area contributed by atoms with Gasteiger partial charge >= 0.3 is 5.97 Å². The maximum atomic E-state index is 11.9. The molecule has 124 valence electrons. The van der Waals surface area contributed by atoms with Crippen LogP contribution in [0.15, 0.2) is 84.9 Å². The zero-order chi connectivity index (χ0) is 17.5. The standard InChI is InChI=1S/C22H18O3/c1-24-20-12-7-17(8-13-20)9-16-22(23)25-21-14-10-19(11-15-21)18-5-3-2-4-6-18/h2-16H,1H3. The molecule has 0 N–H and O–H groups in total. The molecular formula is C22H18O3. The summed E-state index contributed by atoms with van der Waals surface area (Å²) in [5.41, 5.74) is 3.10. The quantitative estimate of drug-likeness (QED) is 0.376. The molecule has 0 bridgehead atoms. The first-order valence-corrected chi connectivity index (χ1v) is 7.94. The summed E-state index contributed by atoms with van der Waals surface area (Å²) in [6.45, 7) is 0. The van der Waals surface area contributed by atoms with Crippen LogP contribution in [-0.2, 0) is 4.79 Å². The van der Waals surface area contributed by atoms with Gasteiger partial charge in [0, 0.05) is 6.08 Å². The Labute approximate surface area is 147 Å². The lowest BCUT2D eigenvalue weighted by Gasteiger charge is -2.04. The molecule has 25 heavy (non-hydrogen) atoms. The Bertz CT molecular complexity index is 848. The normalized spacial score (nSPS) is 10.6. The number of ether oxygens (including phenoxy) is 2. The summed E-state index contributed by atoms with van der Waals surface area (Å²) in [4.78, 5) is 11.9. The zero-order valence-corrected chi connectivity index (χ0v) is 13.9. The second kappa shape index (κ2) is 7.97. The first kappa shape index (κ1) is 16.5. The van der Waals surface area contributed by atoms with Crippen molar-refractivity contribution in [1.29, 1.82) is 0 Å². The minimum atomic E-state index is -0.414. The lowest BCUT2D eigenvalue weighted by Crippen LogP contribution is -2.03. The van der Waals surface area contributed by atoms with Crippen molar-refractivity contribution < 1.29 is 14.3 Å². The van der Waals surface area contributed by atoms with Gasteiger partial charge in [-0.2, -0.15) is 0 Å². The van der Waals surface area contributed by atoms with E-state index in [-0.39, 0.29) is 0 Å². The molecule has 0 amide bonds. The number of rotatable bonds is 5. The first-order valence-electron chi connectivity index (χ1n) is 7.94. The number of hydrogen-bond donors (Lipinski definition) is 0. The van der Waals surface area contributed by atoms with Crippen LogP contribution in [0.1, 0.15) is 5.56 Å². The maximum absolute atomic E-state index is 11.9. The summed E-state index contributed by atoms with van der Waals surface area (Å²) < 4.78 is 10.4. The molecule has 0 aromatic heterocycles. The topological polar surface area (TPSA) is 35.5 Å². The fourth-order valence-corrected chi connectivity index (χ4v) is 2.38. The smallest absolute Gasteiger partial charge is 0.336 e. The fourth-order valence-electron chi connectivity index (χ4n) is 2.38. The SMILES string of the molecule is COc1ccc(C=CC(=O)Oc2ccc(-c3ccccc3)cc2)cc1. The Morgan fingerprint density at radius 2 is 1.36 bits per heavy atom. The summed E-state index contributed by atoms with van der Waals surface area (Å²) in [7, 11) is 1.62. The number of carbonyl (C=O) groups excluding carboxylic acids is 1. The van der Waals surface area contributed by atoms with Gasteiger partial charge in [-0.3, -0.25) is 0 Å². The Morgan fingerprint density at radius 3 is 2.00 bits per heavy atom. The molecule has 0 heterocycles. The van der Waals surface area contributed by atoms with Gasteiger partial charge in [-0.1, -0.05) is 54.6 Å². The van der Waals surface area contributed by atoms with E-state index in [9.17, 15) is 4.79 Å². The van der Waals surface area contributed by atoms with Crippen molar-refractivity contribution in [3.05, 3.63) is 90.5 Å². The van der Waals surface area contributed by atoms with Gasteiger partial charge in [0.25, 0.3) is 0 Å². The van der Waals surface area contributed by atoms with Gasteiger partial charge in [0.15, 0.2) is 0 Å². The highest BCUT2D eigenvalue weighted by Crippen LogP contribution is 2.22. The Hall–Kier alpha value is -3.33. The highest BCUT2D eigenvalue weighted by Gasteiger charge is 2.02. The van der Waals surface area contributed by atoms with E-state index in [0.717, 1.165) is 22.4 Å². The van der Waals surface area contributed by atoms with Crippen molar-refractivity contribution >= 4 is 12.0 Å². The van der Waals surface area contributed by atoms with Gasteiger partial charge in [-0.25, -0.2) is 4.79 Å². The molecule has 0 radical (unpaired) electrons. The predicted octanol–water partition coefficient (Wildman–Crippen LogP) is 4.98. The van der Waals surface area contributed by atoms with Gasteiger partial charge < -0.3 is 9.47 Å². The number of methoxy groups -OCH3 is 1. The molecule has 0 saturated heterocycles. The van der Waals surface area contributed by atoms with Crippen LogP contribution >= 0.6 is 0 Å².